The lowest BCUT2D eigenvalue weighted by Gasteiger charge is -2.59. The van der Waals surface area contributed by atoms with E-state index in [9.17, 15) is 35.0 Å². The predicted octanol–water partition coefficient (Wildman–Crippen LogP) is 8.54. The van der Waals surface area contributed by atoms with Crippen molar-refractivity contribution in [1.29, 1.82) is 0 Å². The fraction of sp³-hybridized carbons (Fsp3) is 0.404. The van der Waals surface area contributed by atoms with Gasteiger partial charge < -0.3 is 43.8 Å². The molecule has 0 spiro atoms. The van der Waals surface area contributed by atoms with Gasteiger partial charge in [-0.25, -0.2) is 4.79 Å². The first kappa shape index (κ1) is 49.5. The average Bonchev–Trinajstić information content (AvgIpc) is 3.35. The van der Waals surface area contributed by atoms with Gasteiger partial charge in [0.2, 0.25) is 5.79 Å². The molecule has 2 aliphatic carbocycles. The maximum absolute atomic E-state index is 14.8. The summed E-state index contributed by atoms with van der Waals surface area (Å²) in [5, 5.41) is 46.0. The second-order valence-electron chi connectivity index (χ2n) is 17.0. The molecule has 16 nitrogen and oxygen atoms in total. The highest BCUT2D eigenvalue weighted by atomic mass is 16.7. The van der Waals surface area contributed by atoms with Gasteiger partial charge in [-0.3, -0.25) is 19.8 Å². The number of carbonyl (C=O) groups is 2. The SMILES string of the molecule is C=CCO[C@@]12Oc3ccc(Oc4cccc(C=O)c4)cc3[C@H]3[C@H](CCCCO)[C@@H](CCCCO)C=C(C(=NOCc4ccccc4)C[C@@H]1N(CCOCCO)C(=O)Oc1ccc([N+](=O)[O-])cc1)[C@H]32. The third-order valence-electron chi connectivity index (χ3n) is 12.7. The molecule has 16 heteroatoms. The van der Waals surface area contributed by atoms with Crippen LogP contribution < -0.4 is 14.2 Å². The Labute approximate surface area is 395 Å². The molecule has 0 radical (unpaired) electrons. The molecule has 1 saturated carbocycles. The summed E-state index contributed by atoms with van der Waals surface area (Å²) in [7, 11) is 0. The van der Waals surface area contributed by atoms with E-state index in [4.69, 9.17) is 33.7 Å². The number of unbranched alkanes of at least 4 members (excludes halogenated alkanes) is 2. The van der Waals surface area contributed by atoms with Crippen molar-refractivity contribution >= 4 is 23.8 Å². The van der Waals surface area contributed by atoms with Gasteiger partial charge in [0.05, 0.1) is 43.0 Å². The third kappa shape index (κ3) is 11.6. The van der Waals surface area contributed by atoms with Crippen LogP contribution in [0.4, 0.5) is 10.5 Å². The normalized spacial score (nSPS) is 21.9. The molecular formula is C52H59N3O13. The molecular weight excluding hydrogens is 875 g/mol. The van der Waals surface area contributed by atoms with Crippen LogP contribution in [0.3, 0.4) is 0 Å². The Kier molecular flexibility index (Phi) is 17.5. The zero-order valence-electron chi connectivity index (χ0n) is 37.9. The second-order valence-corrected chi connectivity index (χ2v) is 17.0. The fourth-order valence-corrected chi connectivity index (χ4v) is 9.76. The number of benzene rings is 4. The van der Waals surface area contributed by atoms with E-state index < -0.39 is 28.8 Å². The molecule has 3 N–H and O–H groups in total. The minimum atomic E-state index is -1.65. The van der Waals surface area contributed by atoms with Gasteiger partial charge in [-0.05, 0) is 91.1 Å². The van der Waals surface area contributed by atoms with Crippen LogP contribution in [0.2, 0.25) is 0 Å². The van der Waals surface area contributed by atoms with Gasteiger partial charge in [0, 0.05) is 55.4 Å². The highest BCUT2D eigenvalue weighted by Crippen LogP contribution is 2.62. The number of allylic oxidation sites excluding steroid dienone is 1. The van der Waals surface area contributed by atoms with Crippen LogP contribution in [-0.4, -0.2) is 101 Å². The zero-order chi connectivity index (χ0) is 47.9. The molecule has 1 heterocycles. The first-order chi connectivity index (χ1) is 33.2. The van der Waals surface area contributed by atoms with Gasteiger partial charge in [0.1, 0.15) is 41.9 Å². The number of nitro groups is 1. The second kappa shape index (κ2) is 24.0. The summed E-state index contributed by atoms with van der Waals surface area (Å²) in [5.74, 6) is -1.31. The Bertz CT molecular complexity index is 2390. The number of hydrogen-bond donors (Lipinski definition) is 3. The number of rotatable bonds is 25. The van der Waals surface area contributed by atoms with Crippen molar-refractivity contribution in [2.45, 2.75) is 69.3 Å². The van der Waals surface area contributed by atoms with E-state index in [1.165, 1.54) is 29.2 Å². The van der Waals surface area contributed by atoms with Gasteiger partial charge >= 0.3 is 6.09 Å². The molecule has 7 rings (SSSR count). The van der Waals surface area contributed by atoms with Crippen molar-refractivity contribution in [3.8, 4) is 23.0 Å². The number of non-ortho nitro benzene ring substituents is 1. The smallest absolute Gasteiger partial charge is 0.415 e. The minimum absolute atomic E-state index is 0.00649. The number of hydrogen-bond acceptors (Lipinski definition) is 14. The molecule has 6 atom stereocenters. The summed E-state index contributed by atoms with van der Waals surface area (Å²) >= 11 is 0. The molecule has 1 fully saturated rings. The molecule has 0 unspecified atom stereocenters. The van der Waals surface area contributed by atoms with E-state index in [1.54, 1.807) is 36.4 Å². The zero-order valence-corrected chi connectivity index (χ0v) is 37.9. The number of carbonyl (C=O) groups excluding carboxylic acids is 2. The monoisotopic (exact) mass is 933 g/mol. The largest absolute Gasteiger partial charge is 0.459 e. The Morgan fingerprint density at radius 2 is 1.65 bits per heavy atom. The maximum atomic E-state index is 14.8. The lowest BCUT2D eigenvalue weighted by Crippen LogP contribution is -2.70. The summed E-state index contributed by atoms with van der Waals surface area (Å²) in [6.07, 6.45) is 7.90. The molecule has 3 aliphatic rings. The molecule has 0 aromatic heterocycles. The maximum Gasteiger partial charge on any atom is 0.415 e. The van der Waals surface area contributed by atoms with Gasteiger partial charge in [-0.2, -0.15) is 0 Å². The molecule has 360 valence electrons. The lowest BCUT2D eigenvalue weighted by atomic mass is 9.55. The van der Waals surface area contributed by atoms with E-state index in [2.05, 4.69) is 12.7 Å². The number of aliphatic hydroxyl groups is 3. The summed E-state index contributed by atoms with van der Waals surface area (Å²) in [6, 6.07) is 26.2. The van der Waals surface area contributed by atoms with Gasteiger partial charge in [0.15, 0.2) is 0 Å². The van der Waals surface area contributed by atoms with Crippen LogP contribution in [0.5, 0.6) is 23.0 Å². The van der Waals surface area contributed by atoms with Gasteiger partial charge in [0.25, 0.3) is 5.69 Å². The topological polar surface area (TPSA) is 209 Å². The van der Waals surface area contributed by atoms with Crippen molar-refractivity contribution in [3.63, 3.8) is 0 Å². The lowest BCUT2D eigenvalue weighted by molar-refractivity contribution is -0.384. The standard InChI is InChI=1S/C52H59N3O13/c1-2-27-64-52-48(54(23-28-63-29-26-58)51(60)67-40-19-17-39(18-20-40)55(61)62)33-46(53-65-35-36-11-4-3-5-12-36)44-31-38(14-6-8-24-56)43(16-7-9-25-57)49(50(44)52)45-32-42(21-22-47(45)68-52)66-41-15-10-13-37(30-41)34-59/h2-5,10-13,15,17-22,30-32,34,38,43,48-50,56-58H,1,6-9,14,16,23-29,33,35H2/t38-,43+,48-,49+,50+,52+/m0/s1. The summed E-state index contributed by atoms with van der Waals surface area (Å²) in [5.41, 5.74) is 3.35. The molecule has 1 aliphatic heterocycles. The number of aldehydes is 1. The Balaban J connectivity index is 1.43. The molecule has 0 saturated heterocycles. The van der Waals surface area contributed by atoms with E-state index in [1.807, 2.05) is 42.5 Å². The Morgan fingerprint density at radius 1 is 0.897 bits per heavy atom. The number of amides is 1. The van der Waals surface area contributed by atoms with Crippen LogP contribution in [0.15, 0.2) is 127 Å². The van der Waals surface area contributed by atoms with Crippen molar-refractivity contribution in [2.75, 3.05) is 46.2 Å². The highest BCUT2D eigenvalue weighted by Gasteiger charge is 2.65. The average molecular weight is 934 g/mol. The summed E-state index contributed by atoms with van der Waals surface area (Å²) in [6.45, 7) is 3.90. The van der Waals surface area contributed by atoms with Crippen LogP contribution >= 0.6 is 0 Å². The van der Waals surface area contributed by atoms with Crippen molar-refractivity contribution in [1.82, 2.24) is 4.90 Å². The van der Waals surface area contributed by atoms with E-state index in [0.717, 1.165) is 35.8 Å². The molecule has 4 aromatic carbocycles. The number of ether oxygens (including phenoxy) is 5. The van der Waals surface area contributed by atoms with Crippen LogP contribution in [0.25, 0.3) is 0 Å². The summed E-state index contributed by atoms with van der Waals surface area (Å²) in [4.78, 5) is 45.2. The number of nitro benzene ring substituents is 1. The molecule has 68 heavy (non-hydrogen) atoms. The van der Waals surface area contributed by atoms with E-state index >= 15 is 0 Å². The van der Waals surface area contributed by atoms with Crippen molar-refractivity contribution in [2.24, 2.45) is 22.9 Å². The first-order valence-corrected chi connectivity index (χ1v) is 23.1. The molecule has 1 amide bonds. The molecule has 0 bridgehead atoms. The number of oxime groups is 1. The fourth-order valence-electron chi connectivity index (χ4n) is 9.76. The van der Waals surface area contributed by atoms with Crippen LogP contribution in [-0.2, 0) is 20.9 Å². The Morgan fingerprint density at radius 3 is 2.37 bits per heavy atom. The van der Waals surface area contributed by atoms with Crippen LogP contribution in [0, 0.1) is 27.9 Å². The first-order valence-electron chi connectivity index (χ1n) is 23.1. The highest BCUT2D eigenvalue weighted by molar-refractivity contribution is 6.03. The minimum Gasteiger partial charge on any atom is -0.459 e. The van der Waals surface area contributed by atoms with Crippen molar-refractivity contribution in [3.05, 3.63) is 148 Å². The van der Waals surface area contributed by atoms with Gasteiger partial charge in [-0.1, -0.05) is 72.6 Å². The summed E-state index contributed by atoms with van der Waals surface area (Å²) < 4.78 is 32.5. The third-order valence-corrected chi connectivity index (χ3v) is 12.7. The number of fused-ring (bicyclic) bond motifs is 2. The van der Waals surface area contributed by atoms with E-state index in [-0.39, 0.29) is 88.4 Å². The number of aliphatic hydroxyl groups excluding tert-OH is 3. The number of nitrogens with zero attached hydrogens (tertiary/aromatic N) is 3. The Hall–Kier alpha value is -6.43. The predicted molar refractivity (Wildman–Crippen MR) is 252 cm³/mol. The van der Waals surface area contributed by atoms with E-state index in [0.29, 0.717) is 54.2 Å². The van der Waals surface area contributed by atoms with Crippen LogP contribution in [0.1, 0.15) is 72.3 Å². The van der Waals surface area contributed by atoms with Crippen molar-refractivity contribution < 1.29 is 58.4 Å². The quantitative estimate of drug-likeness (QED) is 0.0187. The molecule has 4 aromatic rings. The van der Waals surface area contributed by atoms with Gasteiger partial charge in [-0.15, -0.1) is 6.58 Å².